The largest absolute Gasteiger partial charge is 0.456 e. The molecule has 0 aliphatic rings. The zero-order valence-electron chi connectivity index (χ0n) is 25.4. The lowest BCUT2D eigenvalue weighted by Gasteiger charge is -2.22. The Kier molecular flexibility index (Phi) is 9.22. The van der Waals surface area contributed by atoms with Crippen molar-refractivity contribution >= 4 is 38.6 Å². The minimum absolute atomic E-state index is 0.0366. The highest BCUT2D eigenvalue weighted by molar-refractivity contribution is 7.85. The molecule has 1 unspecified atom stereocenters. The van der Waals surface area contributed by atoms with Gasteiger partial charge in [0.2, 0.25) is 5.91 Å². The van der Waals surface area contributed by atoms with Gasteiger partial charge in [0, 0.05) is 28.7 Å². The Morgan fingerprint density at radius 1 is 0.867 bits per heavy atom. The Morgan fingerprint density at radius 3 is 2.24 bits per heavy atom. The molecule has 8 nitrogen and oxygen atoms in total. The molecular formula is C36H36N2O6S. The van der Waals surface area contributed by atoms with E-state index in [0.717, 1.165) is 33.2 Å². The average molecular weight is 625 g/mol. The van der Waals surface area contributed by atoms with Crippen LogP contribution < -0.4 is 10.6 Å². The van der Waals surface area contributed by atoms with E-state index >= 15 is 0 Å². The maximum atomic E-state index is 13.9. The highest BCUT2D eigenvalue weighted by Gasteiger charge is 2.23. The fraction of sp³-hybridized carbons (Fsp3) is 0.222. The fourth-order valence-corrected chi connectivity index (χ4v) is 5.46. The summed E-state index contributed by atoms with van der Waals surface area (Å²) in [5, 5.41) is 6.58. The minimum atomic E-state index is -4.17. The normalized spacial score (nSPS) is 12.5. The highest BCUT2D eigenvalue weighted by atomic mass is 32.2. The first-order chi connectivity index (χ1) is 21.4. The van der Waals surface area contributed by atoms with Gasteiger partial charge in [-0.1, -0.05) is 87.5 Å². The Labute approximate surface area is 263 Å². The topological polar surface area (TPSA) is 126 Å². The highest BCUT2D eigenvalue weighted by Crippen LogP contribution is 2.31. The van der Waals surface area contributed by atoms with Crippen LogP contribution in [-0.2, 0) is 26.7 Å². The van der Waals surface area contributed by atoms with Crippen LogP contribution in [0.5, 0.6) is 0 Å². The summed E-state index contributed by atoms with van der Waals surface area (Å²) in [6, 6.07) is 32.3. The predicted molar refractivity (Wildman–Crippen MR) is 177 cm³/mol. The van der Waals surface area contributed by atoms with Gasteiger partial charge >= 0.3 is 0 Å². The molecule has 0 saturated heterocycles. The van der Waals surface area contributed by atoms with Gasteiger partial charge in [-0.05, 0) is 64.9 Å². The van der Waals surface area contributed by atoms with Gasteiger partial charge in [-0.25, -0.2) is 0 Å². The molecule has 0 spiro atoms. The summed E-state index contributed by atoms with van der Waals surface area (Å²) in [4.78, 5) is 26.3. The number of anilines is 1. The molecule has 232 valence electrons. The lowest BCUT2D eigenvalue weighted by atomic mass is 9.84. The second-order valence-corrected chi connectivity index (χ2v) is 13.7. The van der Waals surface area contributed by atoms with Crippen LogP contribution >= 0.6 is 0 Å². The van der Waals surface area contributed by atoms with E-state index in [1.54, 1.807) is 24.3 Å². The van der Waals surface area contributed by atoms with Crippen LogP contribution in [0.1, 0.15) is 53.7 Å². The summed E-state index contributed by atoms with van der Waals surface area (Å²) in [7, 11) is -4.17. The lowest BCUT2D eigenvalue weighted by molar-refractivity contribution is -0.117. The molecule has 2 amide bonds. The summed E-state index contributed by atoms with van der Waals surface area (Å²) in [6.45, 7) is 6.22. The third-order valence-corrected chi connectivity index (χ3v) is 8.36. The number of amides is 2. The van der Waals surface area contributed by atoms with Crippen molar-refractivity contribution in [1.82, 2.24) is 5.32 Å². The number of hydrogen-bond donors (Lipinski definition) is 3. The van der Waals surface area contributed by atoms with Crippen LogP contribution in [0, 0.1) is 0 Å². The van der Waals surface area contributed by atoms with Crippen LogP contribution in [0.15, 0.2) is 108 Å². The van der Waals surface area contributed by atoms with Crippen molar-refractivity contribution in [3.8, 4) is 11.3 Å². The van der Waals surface area contributed by atoms with E-state index in [1.807, 2.05) is 66.7 Å². The van der Waals surface area contributed by atoms with Crippen molar-refractivity contribution in [2.45, 2.75) is 38.5 Å². The van der Waals surface area contributed by atoms with Gasteiger partial charge in [0.1, 0.15) is 11.3 Å². The van der Waals surface area contributed by atoms with Crippen molar-refractivity contribution < 1.29 is 27.0 Å². The number of hydrogen-bond acceptors (Lipinski definition) is 5. The predicted octanol–water partition coefficient (Wildman–Crippen LogP) is 6.98. The van der Waals surface area contributed by atoms with Crippen molar-refractivity contribution in [2.24, 2.45) is 0 Å². The van der Waals surface area contributed by atoms with Gasteiger partial charge in [-0.15, -0.1) is 0 Å². The number of furan rings is 1. The van der Waals surface area contributed by atoms with Crippen LogP contribution in [-0.4, -0.2) is 37.1 Å². The van der Waals surface area contributed by atoms with Gasteiger partial charge in [-0.2, -0.15) is 8.42 Å². The van der Waals surface area contributed by atoms with Crippen LogP contribution in [0.4, 0.5) is 5.69 Å². The van der Waals surface area contributed by atoms with Gasteiger partial charge in [-0.3, -0.25) is 14.1 Å². The molecule has 0 fully saturated rings. The minimum Gasteiger partial charge on any atom is -0.456 e. The number of rotatable bonds is 10. The lowest BCUT2D eigenvalue weighted by Crippen LogP contribution is -2.28. The molecule has 0 saturated carbocycles. The van der Waals surface area contributed by atoms with Gasteiger partial charge < -0.3 is 15.1 Å². The molecule has 0 aliphatic heterocycles. The number of para-hydroxylation sites is 1. The third kappa shape index (κ3) is 8.26. The second kappa shape index (κ2) is 13.1. The van der Waals surface area contributed by atoms with Crippen molar-refractivity contribution in [3.05, 3.63) is 125 Å². The first-order valence-corrected chi connectivity index (χ1v) is 16.3. The van der Waals surface area contributed by atoms with E-state index < -0.39 is 27.7 Å². The van der Waals surface area contributed by atoms with Gasteiger partial charge in [0.25, 0.3) is 16.0 Å². The SMILES string of the molecule is CC(C)(C)c1ccc(C(Cc2ccc(C(=O)NCCS(=O)(=O)O)cc2)C(=O)Nc2cccc(-c3cc4ccccc4o3)c2)cc1. The molecule has 9 heteroatoms. The maximum absolute atomic E-state index is 13.9. The summed E-state index contributed by atoms with van der Waals surface area (Å²) >= 11 is 0. The molecule has 5 rings (SSSR count). The standard InChI is InChI=1S/C36H36N2O6S/c1-36(2,3)29-17-15-25(16-18-29)31(21-24-11-13-26(14-12-24)34(39)37-19-20-45(41,42)43)35(40)38-30-9-6-8-27(22-30)33-23-28-7-4-5-10-32(28)44-33/h4-18,22-23,31H,19-21H2,1-3H3,(H,37,39)(H,38,40)(H,41,42,43). The molecule has 1 atom stereocenters. The zero-order chi connectivity index (χ0) is 32.2. The summed E-state index contributed by atoms with van der Waals surface area (Å²) < 4.78 is 36.8. The molecule has 1 heterocycles. The fourth-order valence-electron chi connectivity index (χ4n) is 5.10. The van der Waals surface area contributed by atoms with Crippen LogP contribution in [0.2, 0.25) is 0 Å². The maximum Gasteiger partial charge on any atom is 0.266 e. The summed E-state index contributed by atoms with van der Waals surface area (Å²) in [5.74, 6) is -1.01. The number of fused-ring (bicyclic) bond motifs is 1. The number of carbonyl (C=O) groups excluding carboxylic acids is 2. The van der Waals surface area contributed by atoms with E-state index in [1.165, 1.54) is 0 Å². The molecule has 1 aromatic heterocycles. The van der Waals surface area contributed by atoms with E-state index in [0.29, 0.717) is 23.4 Å². The summed E-state index contributed by atoms with van der Waals surface area (Å²) in [5.41, 5.74) is 5.46. The Hall–Kier alpha value is -4.73. The first-order valence-electron chi connectivity index (χ1n) is 14.7. The first kappa shape index (κ1) is 31.7. The van der Waals surface area contributed by atoms with E-state index in [9.17, 15) is 18.0 Å². The van der Waals surface area contributed by atoms with Crippen molar-refractivity contribution in [2.75, 3.05) is 17.6 Å². The van der Waals surface area contributed by atoms with E-state index in [2.05, 4.69) is 43.5 Å². The number of carbonyl (C=O) groups is 2. The Morgan fingerprint density at radius 2 is 1.58 bits per heavy atom. The quantitative estimate of drug-likeness (QED) is 0.144. The monoisotopic (exact) mass is 624 g/mol. The molecule has 5 aromatic rings. The molecule has 3 N–H and O–H groups in total. The van der Waals surface area contributed by atoms with E-state index in [-0.39, 0.29) is 17.9 Å². The zero-order valence-corrected chi connectivity index (χ0v) is 26.2. The van der Waals surface area contributed by atoms with Crippen LogP contribution in [0.3, 0.4) is 0 Å². The van der Waals surface area contributed by atoms with Gasteiger partial charge in [0.05, 0.1) is 11.7 Å². The van der Waals surface area contributed by atoms with Gasteiger partial charge in [0.15, 0.2) is 0 Å². The molecule has 0 radical (unpaired) electrons. The van der Waals surface area contributed by atoms with Crippen molar-refractivity contribution in [1.29, 1.82) is 0 Å². The van der Waals surface area contributed by atoms with E-state index in [4.69, 9.17) is 8.97 Å². The Balaban J connectivity index is 1.36. The molecular weight excluding hydrogens is 588 g/mol. The molecule has 0 aliphatic carbocycles. The molecule has 4 aromatic carbocycles. The van der Waals surface area contributed by atoms with Crippen molar-refractivity contribution in [3.63, 3.8) is 0 Å². The number of nitrogens with one attached hydrogen (secondary N) is 2. The smallest absolute Gasteiger partial charge is 0.266 e. The van der Waals surface area contributed by atoms with Crippen LogP contribution in [0.25, 0.3) is 22.3 Å². The number of benzene rings is 4. The average Bonchev–Trinajstić information content (AvgIpc) is 3.44. The molecule has 0 bridgehead atoms. The third-order valence-electron chi connectivity index (χ3n) is 7.64. The second-order valence-electron chi connectivity index (χ2n) is 12.1. The Bertz CT molecular complexity index is 1890. The molecule has 45 heavy (non-hydrogen) atoms. The summed E-state index contributed by atoms with van der Waals surface area (Å²) in [6.07, 6.45) is 0.384.